The van der Waals surface area contributed by atoms with Crippen molar-refractivity contribution in [3.8, 4) is 11.4 Å². The number of benzene rings is 2. The summed E-state index contributed by atoms with van der Waals surface area (Å²) in [4.78, 5) is 12.5. The highest BCUT2D eigenvalue weighted by molar-refractivity contribution is 6.31. The number of rotatable bonds is 4. The van der Waals surface area contributed by atoms with Crippen molar-refractivity contribution < 1.29 is 4.39 Å². The van der Waals surface area contributed by atoms with Gasteiger partial charge >= 0.3 is 0 Å². The van der Waals surface area contributed by atoms with Gasteiger partial charge in [0.15, 0.2) is 0 Å². The summed E-state index contributed by atoms with van der Waals surface area (Å²) in [6.45, 7) is 2.98. The number of nitrogens with zero attached hydrogens (tertiary/aromatic N) is 2. The van der Waals surface area contributed by atoms with Crippen molar-refractivity contribution in [2.75, 3.05) is 25.0 Å². The van der Waals surface area contributed by atoms with Gasteiger partial charge < -0.3 is 15.6 Å². The Labute approximate surface area is 172 Å². The molecule has 1 saturated heterocycles. The number of piperidine rings is 1. The second kappa shape index (κ2) is 7.61. The number of fused-ring (bicyclic) bond motifs is 2. The average Bonchev–Trinajstić information content (AvgIpc) is 3.15. The van der Waals surface area contributed by atoms with Crippen molar-refractivity contribution in [2.45, 2.75) is 12.8 Å². The highest BCUT2D eigenvalue weighted by atomic mass is 35.5. The Kier molecular flexibility index (Phi) is 4.81. The van der Waals surface area contributed by atoms with E-state index in [-0.39, 0.29) is 5.82 Å². The van der Waals surface area contributed by atoms with Crippen LogP contribution in [0.25, 0.3) is 33.3 Å². The molecule has 1 aliphatic heterocycles. The van der Waals surface area contributed by atoms with Gasteiger partial charge in [-0.3, -0.25) is 4.98 Å². The van der Waals surface area contributed by atoms with Crippen LogP contribution in [-0.4, -0.2) is 34.6 Å². The van der Waals surface area contributed by atoms with Gasteiger partial charge in [-0.05, 0) is 68.2 Å². The average molecular weight is 410 g/mol. The van der Waals surface area contributed by atoms with E-state index < -0.39 is 0 Å². The summed E-state index contributed by atoms with van der Waals surface area (Å²) in [5.41, 5.74) is 4.06. The Morgan fingerprint density at radius 1 is 1.10 bits per heavy atom. The predicted octanol–water partition coefficient (Wildman–Crippen LogP) is 4.98. The third-order valence-corrected chi connectivity index (χ3v) is 5.79. The van der Waals surface area contributed by atoms with Crippen LogP contribution in [0, 0.1) is 11.7 Å². The molecule has 3 heterocycles. The first-order valence-electron chi connectivity index (χ1n) is 9.86. The number of nitrogens with one attached hydrogen (secondary N) is 3. The molecule has 0 spiro atoms. The normalized spacial score (nSPS) is 15.2. The smallest absolute Gasteiger partial charge is 0.142 e. The number of imidazole rings is 1. The number of anilines is 1. The first-order chi connectivity index (χ1) is 14.2. The molecule has 7 heteroatoms. The van der Waals surface area contributed by atoms with E-state index in [0.29, 0.717) is 22.3 Å². The zero-order valence-electron chi connectivity index (χ0n) is 15.8. The molecule has 5 rings (SSSR count). The molecular formula is C22H21ClFN5. The van der Waals surface area contributed by atoms with Crippen molar-refractivity contribution in [1.82, 2.24) is 20.3 Å². The zero-order valence-corrected chi connectivity index (χ0v) is 16.6. The Hall–Kier alpha value is -2.70. The van der Waals surface area contributed by atoms with E-state index in [0.717, 1.165) is 60.1 Å². The fourth-order valence-corrected chi connectivity index (χ4v) is 4.15. The maximum absolute atomic E-state index is 13.6. The highest BCUT2D eigenvalue weighted by Crippen LogP contribution is 2.35. The summed E-state index contributed by atoms with van der Waals surface area (Å²) in [6.07, 6.45) is 4.11. The van der Waals surface area contributed by atoms with Gasteiger partial charge in [0.05, 0.1) is 27.8 Å². The van der Waals surface area contributed by atoms with Crippen LogP contribution in [0.5, 0.6) is 0 Å². The molecule has 4 aromatic rings. The van der Waals surface area contributed by atoms with Gasteiger partial charge in [0.2, 0.25) is 0 Å². The number of halogens is 2. The molecule has 0 amide bonds. The summed E-state index contributed by atoms with van der Waals surface area (Å²) < 4.78 is 13.6. The topological polar surface area (TPSA) is 65.6 Å². The third-order valence-electron chi connectivity index (χ3n) is 5.56. The van der Waals surface area contributed by atoms with E-state index in [2.05, 4.69) is 25.6 Å². The Morgan fingerprint density at radius 3 is 2.79 bits per heavy atom. The van der Waals surface area contributed by atoms with E-state index in [1.165, 1.54) is 12.1 Å². The summed E-state index contributed by atoms with van der Waals surface area (Å²) in [6, 6.07) is 10.3. The molecule has 1 fully saturated rings. The first-order valence-corrected chi connectivity index (χ1v) is 10.2. The molecule has 0 aliphatic carbocycles. The number of H-pyrrole nitrogens is 1. The Balaban J connectivity index is 1.60. The van der Waals surface area contributed by atoms with Crippen LogP contribution in [0.2, 0.25) is 5.02 Å². The van der Waals surface area contributed by atoms with Gasteiger partial charge in [-0.1, -0.05) is 11.6 Å². The number of hydrogen-bond donors (Lipinski definition) is 3. The minimum atomic E-state index is -0.291. The molecule has 3 N–H and O–H groups in total. The molecular weight excluding hydrogens is 389 g/mol. The number of aromatic nitrogens is 3. The van der Waals surface area contributed by atoms with Gasteiger partial charge in [-0.15, -0.1) is 0 Å². The molecule has 2 aromatic carbocycles. The van der Waals surface area contributed by atoms with Gasteiger partial charge in [-0.2, -0.15) is 0 Å². The second-order valence-electron chi connectivity index (χ2n) is 7.53. The van der Waals surface area contributed by atoms with E-state index in [9.17, 15) is 4.39 Å². The fraction of sp³-hybridized carbons (Fsp3) is 0.273. The lowest BCUT2D eigenvalue weighted by Gasteiger charge is -2.24. The number of pyridine rings is 1. The van der Waals surface area contributed by atoms with Crippen molar-refractivity contribution in [3.63, 3.8) is 0 Å². The maximum atomic E-state index is 13.6. The summed E-state index contributed by atoms with van der Waals surface area (Å²) >= 11 is 6.29. The van der Waals surface area contributed by atoms with Crippen LogP contribution in [0.15, 0.2) is 42.6 Å². The lowest BCUT2D eigenvalue weighted by molar-refractivity contribution is 0.390. The highest BCUT2D eigenvalue weighted by Gasteiger charge is 2.18. The van der Waals surface area contributed by atoms with Crippen LogP contribution < -0.4 is 10.6 Å². The molecule has 0 unspecified atom stereocenters. The SMILES string of the molecule is Fc1ccc2nc(-c3cnc4ccc(Cl)cc4c3NCC3CCNCC3)[nH]c2c1. The van der Waals surface area contributed by atoms with E-state index in [4.69, 9.17) is 11.6 Å². The van der Waals surface area contributed by atoms with E-state index >= 15 is 0 Å². The molecule has 0 saturated carbocycles. The molecule has 0 bridgehead atoms. The third kappa shape index (κ3) is 3.66. The number of aromatic amines is 1. The van der Waals surface area contributed by atoms with Gasteiger partial charge in [0.1, 0.15) is 11.6 Å². The van der Waals surface area contributed by atoms with Crippen LogP contribution in [0.4, 0.5) is 10.1 Å². The lowest BCUT2D eigenvalue weighted by atomic mass is 9.97. The maximum Gasteiger partial charge on any atom is 0.142 e. The van der Waals surface area contributed by atoms with E-state index in [1.807, 2.05) is 24.4 Å². The minimum absolute atomic E-state index is 0.291. The largest absolute Gasteiger partial charge is 0.384 e. The number of hydrogen-bond acceptors (Lipinski definition) is 4. The molecule has 0 radical (unpaired) electrons. The van der Waals surface area contributed by atoms with Crippen LogP contribution in [0.3, 0.4) is 0 Å². The Bertz CT molecular complexity index is 1180. The summed E-state index contributed by atoms with van der Waals surface area (Å²) in [7, 11) is 0. The van der Waals surface area contributed by atoms with Crippen LogP contribution >= 0.6 is 11.6 Å². The van der Waals surface area contributed by atoms with Gasteiger partial charge in [0.25, 0.3) is 0 Å². The lowest BCUT2D eigenvalue weighted by Crippen LogP contribution is -2.31. The second-order valence-corrected chi connectivity index (χ2v) is 7.97. The van der Waals surface area contributed by atoms with Gasteiger partial charge in [-0.25, -0.2) is 9.37 Å². The minimum Gasteiger partial charge on any atom is -0.384 e. The monoisotopic (exact) mass is 409 g/mol. The quantitative estimate of drug-likeness (QED) is 0.444. The van der Waals surface area contributed by atoms with Crippen molar-refractivity contribution in [2.24, 2.45) is 5.92 Å². The van der Waals surface area contributed by atoms with Crippen LogP contribution in [0.1, 0.15) is 12.8 Å². The van der Waals surface area contributed by atoms with Gasteiger partial charge in [0, 0.05) is 23.2 Å². The van der Waals surface area contributed by atoms with Crippen LogP contribution in [-0.2, 0) is 0 Å². The molecule has 29 heavy (non-hydrogen) atoms. The first kappa shape index (κ1) is 18.3. The molecule has 5 nitrogen and oxygen atoms in total. The standard InChI is InChI=1S/C22H21ClFN5/c23-14-1-3-18-16(9-14)21(27-11-13-5-7-25-8-6-13)17(12-26-18)22-28-19-4-2-15(24)10-20(19)29-22/h1-4,9-10,12-13,25H,5-8,11H2,(H,26,27)(H,28,29). The van der Waals surface area contributed by atoms with Crippen molar-refractivity contribution in [1.29, 1.82) is 0 Å². The molecule has 0 atom stereocenters. The molecule has 1 aliphatic rings. The fourth-order valence-electron chi connectivity index (χ4n) is 3.98. The van der Waals surface area contributed by atoms with E-state index in [1.54, 1.807) is 6.07 Å². The van der Waals surface area contributed by atoms with Crippen molar-refractivity contribution in [3.05, 3.63) is 53.4 Å². The van der Waals surface area contributed by atoms with Crippen molar-refractivity contribution >= 4 is 39.2 Å². The molecule has 148 valence electrons. The Morgan fingerprint density at radius 2 is 1.93 bits per heavy atom. The predicted molar refractivity (Wildman–Crippen MR) is 116 cm³/mol. The summed E-state index contributed by atoms with van der Waals surface area (Å²) in [5, 5.41) is 8.67. The zero-order chi connectivity index (χ0) is 19.8. The summed E-state index contributed by atoms with van der Waals surface area (Å²) in [5.74, 6) is 0.976. The molecule has 2 aromatic heterocycles.